The molecule has 3 aromatic rings. The number of hydrogen-bond acceptors (Lipinski definition) is 5. The second kappa shape index (κ2) is 12.3. The molecular weight excluding hydrogens is 498 g/mol. The fraction of sp³-hybridized carbons (Fsp3) is 0.367. The summed E-state index contributed by atoms with van der Waals surface area (Å²) >= 11 is 0. The van der Waals surface area contributed by atoms with Crippen molar-refractivity contribution in [1.82, 2.24) is 4.90 Å². The number of para-hydroxylation sites is 2. The predicted octanol–water partition coefficient (Wildman–Crippen LogP) is 5.50. The largest absolute Gasteiger partial charge is 0.492 e. The Hall–Kier alpha value is -3.52. The third-order valence-corrected chi connectivity index (χ3v) is 8.23. The standard InChI is InChI=1S/C30H37N3O4S/c1-4-6-9-24-13-15-25(16-14-24)31-38(35,36)26-17-12-23(3)27(22-26)30(34)33-20-18-32(19-21-33)28-10-7-8-11-29(28)37-5-2/h7-8,10-17,22,31H,4-6,9,18-21H2,1-3H3. The van der Waals surface area contributed by atoms with Crippen LogP contribution in [-0.4, -0.2) is 52.0 Å². The first-order valence-electron chi connectivity index (χ1n) is 13.3. The average molecular weight is 536 g/mol. The Bertz CT molecular complexity index is 1350. The third-order valence-electron chi connectivity index (χ3n) is 6.85. The van der Waals surface area contributed by atoms with Gasteiger partial charge < -0.3 is 14.5 Å². The van der Waals surface area contributed by atoms with Crippen LogP contribution in [0.5, 0.6) is 5.75 Å². The number of nitrogens with one attached hydrogen (secondary N) is 1. The van der Waals surface area contributed by atoms with Crippen LogP contribution in [0.4, 0.5) is 11.4 Å². The van der Waals surface area contributed by atoms with Crippen LogP contribution in [0.25, 0.3) is 0 Å². The summed E-state index contributed by atoms with van der Waals surface area (Å²) in [5, 5.41) is 0. The van der Waals surface area contributed by atoms with Crippen molar-refractivity contribution in [3.05, 3.63) is 83.4 Å². The van der Waals surface area contributed by atoms with E-state index in [9.17, 15) is 13.2 Å². The average Bonchev–Trinajstić information content (AvgIpc) is 2.93. The molecule has 4 rings (SSSR count). The van der Waals surface area contributed by atoms with Crippen molar-refractivity contribution < 1.29 is 17.9 Å². The summed E-state index contributed by atoms with van der Waals surface area (Å²) in [7, 11) is -3.84. The van der Waals surface area contributed by atoms with Crippen LogP contribution in [0.2, 0.25) is 0 Å². The zero-order chi connectivity index (χ0) is 27.1. The van der Waals surface area contributed by atoms with Crippen molar-refractivity contribution in [3.63, 3.8) is 0 Å². The van der Waals surface area contributed by atoms with Gasteiger partial charge >= 0.3 is 0 Å². The zero-order valence-electron chi connectivity index (χ0n) is 22.4. The van der Waals surface area contributed by atoms with Crippen LogP contribution < -0.4 is 14.4 Å². The minimum Gasteiger partial charge on any atom is -0.492 e. The van der Waals surface area contributed by atoms with Gasteiger partial charge in [0, 0.05) is 37.4 Å². The summed E-state index contributed by atoms with van der Waals surface area (Å²) < 4.78 is 34.7. The number of benzene rings is 3. The quantitative estimate of drug-likeness (QED) is 0.371. The highest BCUT2D eigenvalue weighted by atomic mass is 32.2. The Balaban J connectivity index is 1.45. The summed E-state index contributed by atoms with van der Waals surface area (Å²) in [6.07, 6.45) is 3.18. The van der Waals surface area contributed by atoms with Crippen molar-refractivity contribution in [3.8, 4) is 5.75 Å². The van der Waals surface area contributed by atoms with Gasteiger partial charge in [-0.2, -0.15) is 0 Å². The Morgan fingerprint density at radius 2 is 1.66 bits per heavy atom. The van der Waals surface area contributed by atoms with Gasteiger partial charge in [-0.15, -0.1) is 0 Å². The molecule has 1 aliphatic rings. The molecule has 0 bridgehead atoms. The number of nitrogens with zero attached hydrogens (tertiary/aromatic N) is 2. The molecule has 8 heteroatoms. The smallest absolute Gasteiger partial charge is 0.261 e. The van der Waals surface area contributed by atoms with Gasteiger partial charge in [-0.1, -0.05) is 43.7 Å². The number of hydrogen-bond donors (Lipinski definition) is 1. The van der Waals surface area contributed by atoms with E-state index in [-0.39, 0.29) is 10.8 Å². The Morgan fingerprint density at radius 1 is 0.947 bits per heavy atom. The maximum Gasteiger partial charge on any atom is 0.261 e. The lowest BCUT2D eigenvalue weighted by atomic mass is 10.1. The van der Waals surface area contributed by atoms with Gasteiger partial charge in [0.2, 0.25) is 0 Å². The van der Waals surface area contributed by atoms with E-state index in [0.29, 0.717) is 44.0 Å². The van der Waals surface area contributed by atoms with Crippen LogP contribution in [0.1, 0.15) is 48.2 Å². The molecule has 0 aromatic heterocycles. The van der Waals surface area contributed by atoms with E-state index in [2.05, 4.69) is 16.5 Å². The highest BCUT2D eigenvalue weighted by Gasteiger charge is 2.26. The number of sulfonamides is 1. The maximum absolute atomic E-state index is 13.5. The van der Waals surface area contributed by atoms with E-state index in [1.807, 2.05) is 50.2 Å². The summed E-state index contributed by atoms with van der Waals surface area (Å²) in [6, 6.07) is 20.1. The number of unbranched alkanes of at least 4 members (excludes halogenated alkanes) is 1. The molecule has 3 aromatic carbocycles. The molecule has 1 amide bonds. The zero-order valence-corrected chi connectivity index (χ0v) is 23.3. The Labute approximate surface area is 226 Å². The fourth-order valence-corrected chi connectivity index (χ4v) is 5.73. The van der Waals surface area contributed by atoms with Crippen molar-refractivity contribution in [1.29, 1.82) is 0 Å². The molecule has 1 saturated heterocycles. The van der Waals surface area contributed by atoms with Crippen molar-refractivity contribution >= 4 is 27.3 Å². The molecule has 7 nitrogen and oxygen atoms in total. The number of carbonyl (C=O) groups is 1. The molecule has 1 heterocycles. The van der Waals surface area contributed by atoms with Gasteiger partial charge in [-0.25, -0.2) is 8.42 Å². The minimum atomic E-state index is -3.84. The first-order valence-corrected chi connectivity index (χ1v) is 14.8. The van der Waals surface area contributed by atoms with Crippen molar-refractivity contribution in [2.24, 2.45) is 0 Å². The first-order chi connectivity index (χ1) is 18.3. The van der Waals surface area contributed by atoms with Gasteiger partial charge in [-0.05, 0) is 74.2 Å². The molecule has 0 radical (unpaired) electrons. The van der Waals surface area contributed by atoms with E-state index >= 15 is 0 Å². The topological polar surface area (TPSA) is 79.0 Å². The van der Waals surface area contributed by atoms with Crippen LogP contribution in [0.15, 0.2) is 71.6 Å². The van der Waals surface area contributed by atoms with E-state index in [4.69, 9.17) is 4.74 Å². The van der Waals surface area contributed by atoms with E-state index in [0.717, 1.165) is 36.3 Å². The molecule has 0 aliphatic carbocycles. The van der Waals surface area contributed by atoms with Gasteiger partial charge in [0.05, 0.1) is 17.2 Å². The van der Waals surface area contributed by atoms with Gasteiger partial charge in [-0.3, -0.25) is 9.52 Å². The van der Waals surface area contributed by atoms with Gasteiger partial charge in [0.25, 0.3) is 15.9 Å². The Kier molecular flexibility index (Phi) is 8.94. The molecule has 0 unspecified atom stereocenters. The van der Waals surface area contributed by atoms with E-state index in [1.165, 1.54) is 11.6 Å². The number of ether oxygens (including phenoxy) is 1. The molecule has 38 heavy (non-hydrogen) atoms. The third kappa shape index (κ3) is 6.48. The molecule has 202 valence electrons. The van der Waals surface area contributed by atoms with Crippen LogP contribution in [-0.2, 0) is 16.4 Å². The molecular formula is C30H37N3O4S. The number of anilines is 2. The Morgan fingerprint density at radius 3 is 2.34 bits per heavy atom. The molecule has 0 saturated carbocycles. The summed E-state index contributed by atoms with van der Waals surface area (Å²) in [5.41, 5.74) is 3.86. The lowest BCUT2D eigenvalue weighted by molar-refractivity contribution is 0.0745. The van der Waals surface area contributed by atoms with E-state index in [1.54, 1.807) is 29.2 Å². The highest BCUT2D eigenvalue weighted by Crippen LogP contribution is 2.29. The normalized spacial score (nSPS) is 13.9. The fourth-order valence-electron chi connectivity index (χ4n) is 4.65. The number of aryl methyl sites for hydroxylation is 2. The monoisotopic (exact) mass is 535 g/mol. The van der Waals surface area contributed by atoms with Crippen molar-refractivity contribution in [2.45, 2.75) is 44.9 Å². The second-order valence-corrected chi connectivity index (χ2v) is 11.2. The molecule has 0 spiro atoms. The predicted molar refractivity (Wildman–Crippen MR) is 153 cm³/mol. The van der Waals surface area contributed by atoms with E-state index < -0.39 is 10.0 Å². The number of amides is 1. The lowest BCUT2D eigenvalue weighted by Crippen LogP contribution is -2.49. The number of piperazine rings is 1. The SMILES string of the molecule is CCCCc1ccc(NS(=O)(=O)c2ccc(C)c(C(=O)N3CCN(c4ccccc4OCC)CC3)c2)cc1. The number of rotatable bonds is 10. The van der Waals surface area contributed by atoms with Gasteiger partial charge in [0.15, 0.2) is 0 Å². The molecule has 1 aliphatic heterocycles. The minimum absolute atomic E-state index is 0.0748. The van der Waals surface area contributed by atoms with Crippen molar-refractivity contribution in [2.75, 3.05) is 42.4 Å². The molecule has 0 atom stereocenters. The first kappa shape index (κ1) is 27.5. The summed E-state index contributed by atoms with van der Waals surface area (Å²) in [4.78, 5) is 17.6. The molecule has 1 N–H and O–H groups in total. The molecule has 1 fully saturated rings. The summed E-state index contributed by atoms with van der Waals surface area (Å²) in [6.45, 7) is 8.95. The van der Waals surface area contributed by atoms with Crippen LogP contribution in [0, 0.1) is 6.92 Å². The second-order valence-electron chi connectivity index (χ2n) is 9.56. The highest BCUT2D eigenvalue weighted by molar-refractivity contribution is 7.92. The lowest BCUT2D eigenvalue weighted by Gasteiger charge is -2.37. The van der Waals surface area contributed by atoms with Crippen LogP contribution in [0.3, 0.4) is 0 Å². The maximum atomic E-state index is 13.5. The van der Waals surface area contributed by atoms with Gasteiger partial charge in [0.1, 0.15) is 5.75 Å². The number of carbonyl (C=O) groups excluding carboxylic acids is 1. The van der Waals surface area contributed by atoms with Crippen LogP contribution >= 0.6 is 0 Å². The summed E-state index contributed by atoms with van der Waals surface area (Å²) in [5.74, 6) is 0.684.